The molecule has 0 saturated heterocycles. The third-order valence-corrected chi connectivity index (χ3v) is 7.13. The number of methoxy groups -OCH3 is 1. The quantitative estimate of drug-likeness (QED) is 0.284. The Hall–Kier alpha value is -3.10. The maximum absolute atomic E-state index is 13.7. The van der Waals surface area contributed by atoms with E-state index >= 15 is 0 Å². The fraction of sp³-hybridized carbons (Fsp3) is 0.400. The van der Waals surface area contributed by atoms with Crippen molar-refractivity contribution in [3.8, 4) is 11.5 Å². The van der Waals surface area contributed by atoms with Gasteiger partial charge in [-0.1, -0.05) is 44.2 Å². The molecule has 1 aliphatic heterocycles. The van der Waals surface area contributed by atoms with Gasteiger partial charge in [0.15, 0.2) is 17.3 Å². The van der Waals surface area contributed by atoms with E-state index in [1.54, 1.807) is 12.1 Å². The van der Waals surface area contributed by atoms with E-state index in [0.717, 1.165) is 11.3 Å². The van der Waals surface area contributed by atoms with Gasteiger partial charge in [0, 0.05) is 36.4 Å². The lowest BCUT2D eigenvalue weighted by Gasteiger charge is -2.37. The van der Waals surface area contributed by atoms with Crippen LogP contribution in [0, 0.1) is 0 Å². The first kappa shape index (κ1) is 29.5. The maximum Gasteiger partial charge on any atom is 0.336 e. The first-order valence-corrected chi connectivity index (χ1v) is 13.7. The molecule has 2 aromatic carbocycles. The number of dihydropyridines is 1. The molecule has 0 spiro atoms. The van der Waals surface area contributed by atoms with Crippen molar-refractivity contribution in [3.05, 3.63) is 80.6 Å². The molecule has 2 aliphatic rings. The van der Waals surface area contributed by atoms with E-state index in [2.05, 4.69) is 21.2 Å². The van der Waals surface area contributed by atoms with Gasteiger partial charge in [0.1, 0.15) is 6.61 Å². The number of hydrogen-bond donors (Lipinski definition) is 2. The lowest BCUT2D eigenvalue weighted by Crippen LogP contribution is -2.36. The van der Waals surface area contributed by atoms with Crippen molar-refractivity contribution in [1.82, 2.24) is 5.32 Å². The predicted octanol–water partition coefficient (Wildman–Crippen LogP) is 6.13. The van der Waals surface area contributed by atoms with E-state index in [4.69, 9.17) is 14.2 Å². The largest absolute Gasteiger partial charge is 0.503 e. The fourth-order valence-electron chi connectivity index (χ4n) is 4.93. The van der Waals surface area contributed by atoms with Gasteiger partial charge < -0.3 is 24.6 Å². The number of benzene rings is 2. The lowest BCUT2D eigenvalue weighted by molar-refractivity contribution is -0.140. The minimum Gasteiger partial charge on any atom is -0.503 e. The Morgan fingerprint density at radius 1 is 1.11 bits per heavy atom. The molecule has 0 amide bonds. The van der Waals surface area contributed by atoms with Gasteiger partial charge in [-0.3, -0.25) is 4.79 Å². The summed E-state index contributed by atoms with van der Waals surface area (Å²) in [4.78, 5) is 27.0. The van der Waals surface area contributed by atoms with Gasteiger partial charge in [-0.2, -0.15) is 0 Å². The smallest absolute Gasteiger partial charge is 0.336 e. The third-order valence-electron chi connectivity index (χ3n) is 6.52. The van der Waals surface area contributed by atoms with Crippen molar-refractivity contribution in [2.24, 2.45) is 0 Å². The normalized spacial score (nSPS) is 18.7. The molecule has 2 atom stereocenters. The number of rotatable bonds is 8. The summed E-state index contributed by atoms with van der Waals surface area (Å²) in [6.07, 6.45) is 0.978. The monoisotopic (exact) mass is 585 g/mol. The number of halogens is 1. The molecule has 2 N–H and O–H groups in total. The van der Waals surface area contributed by atoms with Crippen LogP contribution in [-0.2, 0) is 19.1 Å². The Kier molecular flexibility index (Phi) is 10.6. The third kappa shape index (κ3) is 6.30. The second kappa shape index (κ2) is 13.6. The van der Waals surface area contributed by atoms with Crippen LogP contribution in [0.25, 0.3) is 0 Å². The summed E-state index contributed by atoms with van der Waals surface area (Å²) in [6, 6.07) is 13.4. The predicted molar refractivity (Wildman–Crippen MR) is 150 cm³/mol. The fourth-order valence-corrected chi connectivity index (χ4v) is 5.38. The number of phenolic OH excluding ortho intramolecular Hbond substituents is 1. The molecule has 0 aromatic heterocycles. The zero-order valence-electron chi connectivity index (χ0n) is 22.6. The van der Waals surface area contributed by atoms with Crippen molar-refractivity contribution in [1.29, 1.82) is 0 Å². The van der Waals surface area contributed by atoms with Gasteiger partial charge in [-0.25, -0.2) is 4.79 Å². The molecule has 38 heavy (non-hydrogen) atoms. The molecule has 0 fully saturated rings. The number of Topliss-reactive ketones (excluding diaryl/α,β-unsaturated/α-hetero) is 1. The molecule has 2 aromatic rings. The lowest BCUT2D eigenvalue weighted by atomic mass is 9.71. The van der Waals surface area contributed by atoms with Gasteiger partial charge in [0.25, 0.3) is 0 Å². The van der Waals surface area contributed by atoms with Crippen LogP contribution in [0.15, 0.2) is 69.5 Å². The Morgan fingerprint density at radius 2 is 1.82 bits per heavy atom. The molecule has 7 nitrogen and oxygen atoms in total. The van der Waals surface area contributed by atoms with E-state index < -0.39 is 11.9 Å². The summed E-state index contributed by atoms with van der Waals surface area (Å²) in [6.45, 7) is 8.35. The van der Waals surface area contributed by atoms with Gasteiger partial charge in [0.05, 0.1) is 23.3 Å². The number of ketones is 1. The van der Waals surface area contributed by atoms with E-state index in [1.165, 1.54) is 7.11 Å². The first-order chi connectivity index (χ1) is 18.3. The Balaban J connectivity index is 0.00000195. The minimum atomic E-state index is -0.670. The van der Waals surface area contributed by atoms with Crippen molar-refractivity contribution >= 4 is 27.7 Å². The molecule has 0 saturated carbocycles. The average Bonchev–Trinajstić information content (AvgIpc) is 2.92. The molecular weight excluding hydrogens is 550 g/mol. The molecule has 0 bridgehead atoms. The van der Waals surface area contributed by atoms with E-state index in [1.807, 2.05) is 58.0 Å². The van der Waals surface area contributed by atoms with Crippen LogP contribution >= 0.6 is 15.9 Å². The number of aromatic hydroxyl groups is 1. The van der Waals surface area contributed by atoms with Crippen LogP contribution in [0.2, 0.25) is 0 Å². The molecular formula is C30H36BrNO6. The molecule has 4 rings (SSSR count). The van der Waals surface area contributed by atoms with Gasteiger partial charge in [0.2, 0.25) is 0 Å². The second-order valence-corrected chi connectivity index (χ2v) is 9.69. The minimum absolute atomic E-state index is 0.0283. The number of ether oxygens (including phenoxy) is 3. The topological polar surface area (TPSA) is 94.1 Å². The Bertz CT molecular complexity index is 1220. The van der Waals surface area contributed by atoms with Crippen LogP contribution in [0.1, 0.15) is 63.5 Å². The zero-order chi connectivity index (χ0) is 27.8. The maximum atomic E-state index is 13.7. The standard InChI is InChI=1S/C28H30BrNO6.C2H6/c1-4-35-23-15-19(12-20(29)27(23)32)25-24(28(33)36-11-10-34-3)16(2)30-21-13-18(14-22(31)26(21)25)17-8-6-5-7-9-17;1-2/h5-9,12,15,18,25,30,32H,4,10-11,13-14H2,1-3H3;1-2H3. The Morgan fingerprint density at radius 3 is 2.47 bits per heavy atom. The summed E-state index contributed by atoms with van der Waals surface area (Å²) < 4.78 is 16.6. The van der Waals surface area contributed by atoms with Crippen molar-refractivity contribution < 1.29 is 28.9 Å². The Labute approximate surface area is 233 Å². The average molecular weight is 587 g/mol. The SMILES string of the molecule is CC.CCOc1cc(C2C(C(=O)OCCOC)=C(C)NC3=C2C(=O)CC(c2ccccc2)C3)cc(Br)c1O. The van der Waals surface area contributed by atoms with E-state index in [-0.39, 0.29) is 36.4 Å². The van der Waals surface area contributed by atoms with Gasteiger partial charge in [-0.15, -0.1) is 0 Å². The highest BCUT2D eigenvalue weighted by molar-refractivity contribution is 9.10. The second-order valence-electron chi connectivity index (χ2n) is 8.84. The molecule has 8 heteroatoms. The number of hydrogen-bond acceptors (Lipinski definition) is 7. The first-order valence-electron chi connectivity index (χ1n) is 13.0. The number of esters is 1. The highest BCUT2D eigenvalue weighted by Crippen LogP contribution is 2.48. The summed E-state index contributed by atoms with van der Waals surface area (Å²) in [7, 11) is 1.54. The number of carbonyl (C=O) groups is 2. The van der Waals surface area contributed by atoms with Crippen LogP contribution in [0.4, 0.5) is 0 Å². The number of nitrogens with one attached hydrogen (secondary N) is 1. The molecule has 0 radical (unpaired) electrons. The van der Waals surface area contributed by atoms with Crippen LogP contribution in [0.5, 0.6) is 11.5 Å². The summed E-state index contributed by atoms with van der Waals surface area (Å²) in [5, 5.41) is 13.8. The van der Waals surface area contributed by atoms with E-state index in [9.17, 15) is 14.7 Å². The van der Waals surface area contributed by atoms with Crippen LogP contribution in [-0.4, -0.2) is 43.8 Å². The summed E-state index contributed by atoms with van der Waals surface area (Å²) >= 11 is 3.40. The number of allylic oxidation sites excluding steroid dienone is 3. The molecule has 2 unspecified atom stereocenters. The van der Waals surface area contributed by atoms with Gasteiger partial charge >= 0.3 is 5.97 Å². The van der Waals surface area contributed by atoms with Crippen molar-refractivity contribution in [2.75, 3.05) is 26.9 Å². The van der Waals surface area contributed by atoms with Crippen LogP contribution in [0.3, 0.4) is 0 Å². The summed E-state index contributed by atoms with van der Waals surface area (Å²) in [5.41, 5.74) is 4.10. The summed E-state index contributed by atoms with van der Waals surface area (Å²) in [5.74, 6) is -0.936. The van der Waals surface area contributed by atoms with Crippen LogP contribution < -0.4 is 10.1 Å². The van der Waals surface area contributed by atoms with E-state index in [0.29, 0.717) is 46.3 Å². The molecule has 204 valence electrons. The molecule has 1 aliphatic carbocycles. The number of carbonyl (C=O) groups excluding carboxylic acids is 2. The highest BCUT2D eigenvalue weighted by atomic mass is 79.9. The van der Waals surface area contributed by atoms with Crippen molar-refractivity contribution in [3.63, 3.8) is 0 Å². The zero-order valence-corrected chi connectivity index (χ0v) is 24.2. The molecule has 1 heterocycles. The highest BCUT2D eigenvalue weighted by Gasteiger charge is 2.42. The number of phenols is 1. The van der Waals surface area contributed by atoms with Crippen molar-refractivity contribution in [2.45, 2.75) is 52.4 Å². The van der Waals surface area contributed by atoms with Gasteiger partial charge in [-0.05, 0) is 65.4 Å².